The van der Waals surface area contributed by atoms with E-state index in [1.165, 1.54) is 25.3 Å². The number of alkyl halides is 2. The maximum Gasteiger partial charge on any atom is 0.387 e. The van der Waals surface area contributed by atoms with Crippen molar-refractivity contribution in [3.05, 3.63) is 18.2 Å². The maximum absolute atomic E-state index is 12.3. The second-order valence-electron chi connectivity index (χ2n) is 5.26. The Balaban J connectivity index is 2.14. The second-order valence-corrected chi connectivity index (χ2v) is 5.26. The molecule has 1 amide bonds. The van der Waals surface area contributed by atoms with Gasteiger partial charge in [0, 0.05) is 11.8 Å². The molecule has 5 nitrogen and oxygen atoms in total. The Morgan fingerprint density at radius 3 is 2.62 bits per heavy atom. The minimum atomic E-state index is -2.98. The van der Waals surface area contributed by atoms with E-state index in [2.05, 4.69) is 10.1 Å². The summed E-state index contributed by atoms with van der Waals surface area (Å²) in [6.07, 6.45) is 1.84. The van der Waals surface area contributed by atoms with Crippen molar-refractivity contribution >= 4 is 11.6 Å². The third-order valence-corrected chi connectivity index (χ3v) is 3.55. The monoisotopic (exact) mass is 300 g/mol. The van der Waals surface area contributed by atoms with Crippen molar-refractivity contribution < 1.29 is 23.0 Å². The number of nitrogens with one attached hydrogen (secondary N) is 1. The van der Waals surface area contributed by atoms with E-state index >= 15 is 0 Å². The van der Waals surface area contributed by atoms with Gasteiger partial charge in [0.25, 0.3) is 0 Å². The van der Waals surface area contributed by atoms with Crippen LogP contribution in [-0.2, 0) is 4.79 Å². The number of rotatable bonds is 6. The smallest absolute Gasteiger partial charge is 0.387 e. The average molecular weight is 300 g/mol. The fourth-order valence-corrected chi connectivity index (χ4v) is 2.08. The molecule has 0 aliphatic heterocycles. The number of hydrogen-bond acceptors (Lipinski definition) is 4. The molecule has 1 saturated carbocycles. The Morgan fingerprint density at radius 1 is 1.43 bits per heavy atom. The summed E-state index contributed by atoms with van der Waals surface area (Å²) in [5.74, 6) is -0.174. The van der Waals surface area contributed by atoms with E-state index in [-0.39, 0.29) is 23.3 Å². The van der Waals surface area contributed by atoms with Gasteiger partial charge in [0.2, 0.25) is 5.91 Å². The summed E-state index contributed by atoms with van der Waals surface area (Å²) in [7, 11) is 1.34. The summed E-state index contributed by atoms with van der Waals surface area (Å²) in [5.41, 5.74) is 5.36. The second kappa shape index (κ2) is 5.85. The number of benzene rings is 1. The molecule has 1 aromatic rings. The van der Waals surface area contributed by atoms with Gasteiger partial charge in [-0.3, -0.25) is 4.79 Å². The Morgan fingerprint density at radius 2 is 2.10 bits per heavy atom. The van der Waals surface area contributed by atoms with E-state index in [9.17, 15) is 13.6 Å². The van der Waals surface area contributed by atoms with Gasteiger partial charge in [0.05, 0.1) is 12.6 Å². The van der Waals surface area contributed by atoms with Gasteiger partial charge in [-0.2, -0.15) is 8.78 Å². The zero-order valence-electron chi connectivity index (χ0n) is 11.9. The highest BCUT2D eigenvalue weighted by atomic mass is 19.3. The molecule has 1 unspecified atom stereocenters. The SMILES string of the molecule is COc1ccc(NC(=O)C(C)(N)C2CC2)cc1OC(F)F. The zero-order valence-corrected chi connectivity index (χ0v) is 11.9. The van der Waals surface area contributed by atoms with Crippen LogP contribution >= 0.6 is 0 Å². The number of amides is 1. The molecule has 0 bridgehead atoms. The molecule has 21 heavy (non-hydrogen) atoms. The molecule has 3 N–H and O–H groups in total. The van der Waals surface area contributed by atoms with Crippen LogP contribution in [0.15, 0.2) is 18.2 Å². The topological polar surface area (TPSA) is 73.6 Å². The molecule has 0 saturated heterocycles. The van der Waals surface area contributed by atoms with Crippen LogP contribution in [0, 0.1) is 5.92 Å². The van der Waals surface area contributed by atoms with Crippen molar-refractivity contribution in [1.29, 1.82) is 0 Å². The van der Waals surface area contributed by atoms with Crippen molar-refractivity contribution in [2.24, 2.45) is 11.7 Å². The number of hydrogen-bond donors (Lipinski definition) is 2. The van der Waals surface area contributed by atoms with Crippen molar-refractivity contribution in [3.8, 4) is 11.5 Å². The molecule has 0 heterocycles. The molecule has 1 aromatic carbocycles. The Kier molecular flexibility index (Phi) is 4.32. The number of carbonyl (C=O) groups excluding carboxylic acids is 1. The van der Waals surface area contributed by atoms with Gasteiger partial charge in [-0.25, -0.2) is 0 Å². The predicted octanol–water partition coefficient (Wildman–Crippen LogP) is 2.36. The van der Waals surface area contributed by atoms with E-state index in [1.54, 1.807) is 6.92 Å². The van der Waals surface area contributed by atoms with Crippen molar-refractivity contribution in [1.82, 2.24) is 0 Å². The van der Waals surface area contributed by atoms with E-state index in [4.69, 9.17) is 10.5 Å². The molecule has 1 aliphatic carbocycles. The molecule has 0 aromatic heterocycles. The van der Waals surface area contributed by atoms with Gasteiger partial charge < -0.3 is 20.5 Å². The van der Waals surface area contributed by atoms with Crippen LogP contribution in [-0.4, -0.2) is 25.2 Å². The lowest BCUT2D eigenvalue weighted by molar-refractivity contribution is -0.121. The van der Waals surface area contributed by atoms with Crippen LogP contribution in [0.25, 0.3) is 0 Å². The molecule has 7 heteroatoms. The summed E-state index contributed by atoms with van der Waals surface area (Å²) in [5, 5.41) is 2.62. The minimum Gasteiger partial charge on any atom is -0.493 e. The van der Waals surface area contributed by atoms with Crippen LogP contribution in [0.4, 0.5) is 14.5 Å². The molecule has 2 rings (SSSR count). The Labute approximate surface area is 121 Å². The van der Waals surface area contributed by atoms with Crippen molar-refractivity contribution in [2.75, 3.05) is 12.4 Å². The highest BCUT2D eigenvalue weighted by Crippen LogP contribution is 2.39. The normalized spacial score (nSPS) is 17.2. The molecule has 116 valence electrons. The lowest BCUT2D eigenvalue weighted by Gasteiger charge is -2.23. The molecular weight excluding hydrogens is 282 g/mol. The van der Waals surface area contributed by atoms with Gasteiger partial charge in [0.1, 0.15) is 0 Å². The molecule has 1 atom stereocenters. The van der Waals surface area contributed by atoms with Crippen molar-refractivity contribution in [2.45, 2.75) is 31.9 Å². The summed E-state index contributed by atoms with van der Waals surface area (Å²) in [6.45, 7) is -1.31. The highest BCUT2D eigenvalue weighted by Gasteiger charge is 2.44. The van der Waals surface area contributed by atoms with E-state index < -0.39 is 12.2 Å². The van der Waals surface area contributed by atoms with E-state index in [1.807, 2.05) is 0 Å². The summed E-state index contributed by atoms with van der Waals surface area (Å²) < 4.78 is 34.0. The number of carbonyl (C=O) groups is 1. The molecule has 0 spiro atoms. The average Bonchev–Trinajstić information content (AvgIpc) is 3.22. The largest absolute Gasteiger partial charge is 0.493 e. The van der Waals surface area contributed by atoms with Gasteiger partial charge in [-0.1, -0.05) is 0 Å². The Hall–Kier alpha value is -1.89. The predicted molar refractivity (Wildman–Crippen MR) is 73.6 cm³/mol. The minimum absolute atomic E-state index is 0.143. The lowest BCUT2D eigenvalue weighted by Crippen LogP contribution is -2.50. The fourth-order valence-electron chi connectivity index (χ4n) is 2.08. The number of ether oxygens (including phenoxy) is 2. The molecular formula is C14H18F2N2O3. The first-order valence-electron chi connectivity index (χ1n) is 6.57. The number of halogens is 2. The molecule has 1 fully saturated rings. The van der Waals surface area contributed by atoms with Crippen LogP contribution in [0.3, 0.4) is 0 Å². The molecule has 1 aliphatic rings. The number of nitrogens with two attached hydrogens (primary N) is 1. The highest BCUT2D eigenvalue weighted by molar-refractivity contribution is 5.98. The standard InChI is InChI=1S/C14H18F2N2O3/c1-14(17,8-3-4-8)12(19)18-9-5-6-10(20-2)11(7-9)21-13(15)16/h5-8,13H,3-4,17H2,1-2H3,(H,18,19). The summed E-state index contributed by atoms with van der Waals surface area (Å²) in [6, 6.07) is 4.27. The van der Waals surface area contributed by atoms with Gasteiger partial charge in [-0.05, 0) is 37.8 Å². The first-order chi connectivity index (χ1) is 9.84. The fraction of sp³-hybridized carbons (Fsp3) is 0.500. The summed E-state index contributed by atoms with van der Waals surface area (Å²) in [4.78, 5) is 12.1. The lowest BCUT2D eigenvalue weighted by atomic mass is 9.96. The van der Waals surface area contributed by atoms with E-state index in [0.717, 1.165) is 12.8 Å². The summed E-state index contributed by atoms with van der Waals surface area (Å²) >= 11 is 0. The van der Waals surface area contributed by atoms with E-state index in [0.29, 0.717) is 5.69 Å². The number of anilines is 1. The van der Waals surface area contributed by atoms with Crippen LogP contribution < -0.4 is 20.5 Å². The first-order valence-corrected chi connectivity index (χ1v) is 6.57. The third-order valence-electron chi connectivity index (χ3n) is 3.55. The van der Waals surface area contributed by atoms with Crippen LogP contribution in [0.2, 0.25) is 0 Å². The quantitative estimate of drug-likeness (QED) is 0.846. The number of methoxy groups -OCH3 is 1. The van der Waals surface area contributed by atoms with Gasteiger partial charge in [0.15, 0.2) is 11.5 Å². The van der Waals surface area contributed by atoms with Crippen molar-refractivity contribution in [3.63, 3.8) is 0 Å². The maximum atomic E-state index is 12.3. The van der Waals surface area contributed by atoms with Gasteiger partial charge in [-0.15, -0.1) is 0 Å². The zero-order chi connectivity index (χ0) is 15.6. The third kappa shape index (κ3) is 3.60. The van der Waals surface area contributed by atoms with Crippen LogP contribution in [0.1, 0.15) is 19.8 Å². The van der Waals surface area contributed by atoms with Crippen LogP contribution in [0.5, 0.6) is 11.5 Å². The van der Waals surface area contributed by atoms with Gasteiger partial charge >= 0.3 is 6.61 Å². The molecule has 0 radical (unpaired) electrons. The Bertz CT molecular complexity index is 531. The first kappa shape index (κ1) is 15.5.